The van der Waals surface area contributed by atoms with E-state index in [2.05, 4.69) is 10.3 Å². The number of carbonyl (C=O) groups is 1. The topological polar surface area (TPSA) is 51.2 Å². The van der Waals surface area contributed by atoms with Gasteiger partial charge in [0.05, 0.1) is 12.5 Å². The van der Waals surface area contributed by atoms with Gasteiger partial charge in [-0.25, -0.2) is 4.98 Å². The molecule has 1 aliphatic rings. The van der Waals surface area contributed by atoms with Crippen molar-refractivity contribution in [3.05, 3.63) is 24.1 Å². The summed E-state index contributed by atoms with van der Waals surface area (Å²) in [6.07, 6.45) is 1.69. The molecule has 1 atom stereocenters. The fourth-order valence-corrected chi connectivity index (χ4v) is 1.65. The molecular formula is C11H13FN2O2. The summed E-state index contributed by atoms with van der Waals surface area (Å²) in [6, 6.07) is 4.30. The Morgan fingerprint density at radius 2 is 2.44 bits per heavy atom. The Morgan fingerprint density at radius 1 is 1.56 bits per heavy atom. The molecule has 16 heavy (non-hydrogen) atoms. The summed E-state index contributed by atoms with van der Waals surface area (Å²) < 4.78 is 18.0. The van der Waals surface area contributed by atoms with Crippen molar-refractivity contribution in [3.63, 3.8) is 0 Å². The predicted octanol–water partition coefficient (Wildman–Crippen LogP) is 1.59. The summed E-state index contributed by atoms with van der Waals surface area (Å²) >= 11 is 0. The van der Waals surface area contributed by atoms with Crippen LogP contribution in [0, 0.1) is 11.9 Å². The van der Waals surface area contributed by atoms with Crippen LogP contribution in [0.5, 0.6) is 0 Å². The maximum Gasteiger partial charge on any atom is 0.230 e. The lowest BCUT2D eigenvalue weighted by Crippen LogP contribution is -2.30. The molecule has 0 radical (unpaired) electrons. The first-order valence-electron chi connectivity index (χ1n) is 5.27. The first-order chi connectivity index (χ1) is 7.75. The third-order valence-corrected chi connectivity index (χ3v) is 2.50. The largest absolute Gasteiger partial charge is 0.381 e. The number of nitrogens with zero attached hydrogens (tertiary/aromatic N) is 1. The smallest absolute Gasteiger partial charge is 0.230 e. The van der Waals surface area contributed by atoms with Crippen LogP contribution in [0.25, 0.3) is 0 Å². The highest BCUT2D eigenvalue weighted by molar-refractivity contribution is 5.91. The van der Waals surface area contributed by atoms with Crippen molar-refractivity contribution in [2.45, 2.75) is 12.8 Å². The van der Waals surface area contributed by atoms with Crippen LogP contribution in [0.4, 0.5) is 10.2 Å². The zero-order valence-electron chi connectivity index (χ0n) is 8.78. The number of aromatic nitrogens is 1. The zero-order valence-corrected chi connectivity index (χ0v) is 8.78. The van der Waals surface area contributed by atoms with Gasteiger partial charge in [-0.15, -0.1) is 0 Å². The number of carbonyl (C=O) groups excluding carboxylic acids is 1. The molecule has 1 N–H and O–H groups in total. The van der Waals surface area contributed by atoms with E-state index in [1.54, 1.807) is 6.07 Å². The average Bonchev–Trinajstić information content (AvgIpc) is 2.30. The van der Waals surface area contributed by atoms with Crippen LogP contribution in [-0.2, 0) is 9.53 Å². The lowest BCUT2D eigenvalue weighted by Gasteiger charge is -2.20. The lowest BCUT2D eigenvalue weighted by atomic mass is 10.0. The maximum atomic E-state index is 12.8. The van der Waals surface area contributed by atoms with Crippen molar-refractivity contribution in [1.29, 1.82) is 0 Å². The van der Waals surface area contributed by atoms with E-state index in [1.807, 2.05) is 0 Å². The maximum absolute atomic E-state index is 12.8. The van der Waals surface area contributed by atoms with Gasteiger partial charge in [-0.3, -0.25) is 4.79 Å². The van der Waals surface area contributed by atoms with Crippen LogP contribution in [0.2, 0.25) is 0 Å². The van der Waals surface area contributed by atoms with Gasteiger partial charge in [0.1, 0.15) is 5.82 Å². The number of halogens is 1. The van der Waals surface area contributed by atoms with E-state index < -0.39 is 5.95 Å². The number of pyridine rings is 1. The van der Waals surface area contributed by atoms with Crippen LogP contribution in [0.15, 0.2) is 18.2 Å². The summed E-state index contributed by atoms with van der Waals surface area (Å²) in [5.74, 6) is -0.662. The highest BCUT2D eigenvalue weighted by atomic mass is 19.1. The van der Waals surface area contributed by atoms with Crippen LogP contribution in [0.3, 0.4) is 0 Å². The molecule has 5 heteroatoms. The minimum Gasteiger partial charge on any atom is -0.381 e. The second kappa shape index (κ2) is 5.03. The fourth-order valence-electron chi connectivity index (χ4n) is 1.65. The summed E-state index contributed by atoms with van der Waals surface area (Å²) in [5.41, 5.74) is 0. The van der Waals surface area contributed by atoms with Crippen LogP contribution in [-0.4, -0.2) is 24.1 Å². The highest BCUT2D eigenvalue weighted by Gasteiger charge is 2.21. The number of ether oxygens (including phenoxy) is 1. The molecule has 0 saturated carbocycles. The van der Waals surface area contributed by atoms with Gasteiger partial charge in [0.2, 0.25) is 11.9 Å². The molecule has 86 valence electrons. The number of amides is 1. The molecule has 1 saturated heterocycles. The number of rotatable bonds is 2. The van der Waals surface area contributed by atoms with Crippen molar-refractivity contribution in [2.24, 2.45) is 5.92 Å². The highest BCUT2D eigenvalue weighted by Crippen LogP contribution is 2.15. The monoisotopic (exact) mass is 224 g/mol. The standard InChI is InChI=1S/C11H13FN2O2/c12-9-4-1-5-10(13-9)14-11(15)8-3-2-6-16-7-8/h1,4-5,8H,2-3,6-7H2,(H,13,14,15). The van der Waals surface area contributed by atoms with Gasteiger partial charge in [-0.1, -0.05) is 6.07 Å². The molecule has 1 amide bonds. The Hall–Kier alpha value is -1.49. The zero-order chi connectivity index (χ0) is 11.4. The molecule has 0 aromatic carbocycles. The van der Waals surface area contributed by atoms with E-state index in [9.17, 15) is 9.18 Å². The van der Waals surface area contributed by atoms with E-state index in [0.29, 0.717) is 13.2 Å². The number of anilines is 1. The molecular weight excluding hydrogens is 211 g/mol. The van der Waals surface area contributed by atoms with Gasteiger partial charge in [0.15, 0.2) is 0 Å². The summed E-state index contributed by atoms with van der Waals surface area (Å²) in [6.45, 7) is 1.14. The van der Waals surface area contributed by atoms with Gasteiger partial charge in [0, 0.05) is 6.61 Å². The molecule has 4 nitrogen and oxygen atoms in total. The Kier molecular flexibility index (Phi) is 3.46. The second-order valence-electron chi connectivity index (χ2n) is 3.75. The van der Waals surface area contributed by atoms with Crippen molar-refractivity contribution < 1.29 is 13.9 Å². The van der Waals surface area contributed by atoms with E-state index in [4.69, 9.17) is 4.74 Å². The summed E-state index contributed by atoms with van der Waals surface area (Å²) in [5, 5.41) is 2.58. The van der Waals surface area contributed by atoms with Crippen molar-refractivity contribution in [2.75, 3.05) is 18.5 Å². The number of hydrogen-bond acceptors (Lipinski definition) is 3. The minimum absolute atomic E-state index is 0.154. The number of hydrogen-bond donors (Lipinski definition) is 1. The molecule has 1 aliphatic heterocycles. The quantitative estimate of drug-likeness (QED) is 0.776. The molecule has 1 fully saturated rings. The summed E-state index contributed by atoms with van der Waals surface area (Å²) in [4.78, 5) is 15.3. The van der Waals surface area contributed by atoms with Gasteiger partial charge in [0.25, 0.3) is 0 Å². The van der Waals surface area contributed by atoms with Gasteiger partial charge >= 0.3 is 0 Å². The van der Waals surface area contributed by atoms with Crippen LogP contribution < -0.4 is 5.32 Å². The van der Waals surface area contributed by atoms with Gasteiger partial charge in [-0.05, 0) is 25.0 Å². The first-order valence-corrected chi connectivity index (χ1v) is 5.27. The Labute approximate surface area is 92.8 Å². The molecule has 1 unspecified atom stereocenters. The molecule has 0 spiro atoms. The SMILES string of the molecule is O=C(Nc1cccc(F)n1)C1CCCOC1. The molecule has 1 aromatic heterocycles. The summed E-state index contributed by atoms with van der Waals surface area (Å²) in [7, 11) is 0. The Morgan fingerprint density at radius 3 is 3.12 bits per heavy atom. The van der Waals surface area contributed by atoms with Crippen molar-refractivity contribution >= 4 is 11.7 Å². The Balaban J connectivity index is 1.96. The third kappa shape index (κ3) is 2.76. The molecule has 0 aliphatic carbocycles. The van der Waals surface area contributed by atoms with E-state index in [0.717, 1.165) is 12.8 Å². The van der Waals surface area contributed by atoms with Crippen molar-refractivity contribution in [1.82, 2.24) is 4.98 Å². The average molecular weight is 224 g/mol. The lowest BCUT2D eigenvalue weighted by molar-refractivity contribution is -0.123. The first kappa shape index (κ1) is 11.0. The Bertz CT molecular complexity index is 378. The van der Waals surface area contributed by atoms with Crippen molar-refractivity contribution in [3.8, 4) is 0 Å². The van der Waals surface area contributed by atoms with E-state index in [-0.39, 0.29) is 17.6 Å². The van der Waals surface area contributed by atoms with E-state index >= 15 is 0 Å². The minimum atomic E-state index is -0.599. The fraction of sp³-hybridized carbons (Fsp3) is 0.455. The van der Waals surface area contributed by atoms with Crippen LogP contribution in [0.1, 0.15) is 12.8 Å². The second-order valence-corrected chi connectivity index (χ2v) is 3.75. The normalized spacial score (nSPS) is 20.4. The third-order valence-electron chi connectivity index (χ3n) is 2.50. The predicted molar refractivity (Wildman–Crippen MR) is 56.4 cm³/mol. The van der Waals surface area contributed by atoms with E-state index in [1.165, 1.54) is 12.1 Å². The molecule has 0 bridgehead atoms. The van der Waals surface area contributed by atoms with Gasteiger partial charge < -0.3 is 10.1 Å². The van der Waals surface area contributed by atoms with Crippen LogP contribution >= 0.6 is 0 Å². The molecule has 1 aromatic rings. The number of nitrogens with one attached hydrogen (secondary N) is 1. The molecule has 2 heterocycles. The molecule has 2 rings (SSSR count). The van der Waals surface area contributed by atoms with Gasteiger partial charge in [-0.2, -0.15) is 4.39 Å².